The van der Waals surface area contributed by atoms with Gasteiger partial charge in [0.15, 0.2) is 0 Å². The van der Waals surface area contributed by atoms with E-state index >= 15 is 0 Å². The van der Waals surface area contributed by atoms with Gasteiger partial charge in [-0.05, 0) is 6.42 Å². The van der Waals surface area contributed by atoms with Crippen LogP contribution in [0.3, 0.4) is 0 Å². The van der Waals surface area contributed by atoms with Crippen molar-refractivity contribution in [2.45, 2.75) is 30.9 Å². The molecule has 6 nitrogen and oxygen atoms in total. The highest BCUT2D eigenvalue weighted by Crippen LogP contribution is 2.29. The van der Waals surface area contributed by atoms with E-state index in [2.05, 4.69) is 5.10 Å². The molecule has 78 valence electrons. The number of nitrogens with two attached hydrogens (primary N) is 1. The zero-order chi connectivity index (χ0) is 10.3. The maximum atomic E-state index is 11.3. The van der Waals surface area contributed by atoms with Crippen LogP contribution < -0.4 is 9.88 Å². The molecule has 0 aromatic carbocycles. The molecule has 0 bridgehead atoms. The Morgan fingerprint density at radius 1 is 1.93 bits per heavy atom. The van der Waals surface area contributed by atoms with Crippen molar-refractivity contribution in [1.82, 2.24) is 9.78 Å². The zero-order valence-electron chi connectivity index (χ0n) is 7.77. The van der Waals surface area contributed by atoms with E-state index < -0.39 is 9.92 Å². The lowest BCUT2D eigenvalue weighted by molar-refractivity contribution is 0.222. The molecule has 0 saturated heterocycles. The summed E-state index contributed by atoms with van der Waals surface area (Å²) in [5.41, 5.74) is 0. The molecule has 1 aromatic rings. The zero-order valence-corrected chi connectivity index (χ0v) is 8.58. The summed E-state index contributed by atoms with van der Waals surface area (Å²) in [5.74, 6) is 0.388. The smallest absolute Gasteiger partial charge is 0.231 e. The fourth-order valence-corrected chi connectivity index (χ4v) is 2.03. The van der Waals surface area contributed by atoms with E-state index in [-0.39, 0.29) is 11.0 Å². The second-order valence-corrected chi connectivity index (χ2v) is 4.89. The van der Waals surface area contributed by atoms with Crippen molar-refractivity contribution in [3.8, 4) is 5.88 Å². The van der Waals surface area contributed by atoms with Crippen LogP contribution in [0.2, 0.25) is 0 Å². The molecular weight excluding hydrogens is 204 g/mol. The van der Waals surface area contributed by atoms with Crippen molar-refractivity contribution in [3.63, 3.8) is 0 Å². The molecule has 2 unspecified atom stereocenters. The van der Waals surface area contributed by atoms with Gasteiger partial charge in [0.1, 0.15) is 20.9 Å². The summed E-state index contributed by atoms with van der Waals surface area (Å²) in [5, 5.41) is 9.20. The molecule has 0 saturated carbocycles. The molecule has 0 aliphatic carbocycles. The van der Waals surface area contributed by atoms with Gasteiger partial charge >= 0.3 is 0 Å². The van der Waals surface area contributed by atoms with Gasteiger partial charge in [0.05, 0.1) is 12.7 Å². The lowest BCUT2D eigenvalue weighted by Crippen LogP contribution is -2.14. The van der Waals surface area contributed by atoms with E-state index in [1.165, 1.54) is 6.20 Å². The third-order valence-corrected chi connectivity index (χ3v) is 3.13. The quantitative estimate of drug-likeness (QED) is 0.746. The van der Waals surface area contributed by atoms with Crippen LogP contribution in [0.4, 0.5) is 0 Å². The van der Waals surface area contributed by atoms with E-state index in [1.807, 2.05) is 6.92 Å². The molecule has 2 atom stereocenters. The summed E-state index contributed by atoms with van der Waals surface area (Å²) in [6.07, 6.45) is 2.25. The van der Waals surface area contributed by atoms with Crippen LogP contribution in [-0.4, -0.2) is 20.1 Å². The Kier molecular flexibility index (Phi) is 2.00. The third-order valence-electron chi connectivity index (χ3n) is 2.20. The highest BCUT2D eigenvalue weighted by molar-refractivity contribution is 7.90. The van der Waals surface area contributed by atoms with Gasteiger partial charge < -0.3 is 4.74 Å². The van der Waals surface area contributed by atoms with Gasteiger partial charge in [-0.2, -0.15) is 5.10 Å². The predicted octanol–water partition coefficient (Wildman–Crippen LogP) is 0.333. The van der Waals surface area contributed by atoms with Gasteiger partial charge in [-0.1, -0.05) is 6.92 Å². The molecule has 7 heteroatoms. The maximum absolute atomic E-state index is 11.3. The number of aromatic nitrogens is 2. The highest BCUT2D eigenvalue weighted by Gasteiger charge is 2.28. The number of hydrogen-bond acceptors (Lipinski definition) is 4. The van der Waals surface area contributed by atoms with Crippen molar-refractivity contribution in [3.05, 3.63) is 6.20 Å². The molecule has 2 heterocycles. The standard InChI is InChI=1S/C7H12N4O2S/c1-2-5-4-11-7(13-5)6(3-10-11)14(8,9)12/h3,5H,2,4H2,1H3,(H3,8,9,12). The molecule has 0 amide bonds. The second kappa shape index (κ2) is 2.96. The summed E-state index contributed by atoms with van der Waals surface area (Å²) in [6.45, 7) is 2.64. The number of ether oxygens (including phenoxy) is 1. The lowest BCUT2D eigenvalue weighted by Gasteiger charge is -2.06. The van der Waals surface area contributed by atoms with E-state index in [1.54, 1.807) is 4.68 Å². The third kappa shape index (κ3) is 1.38. The molecule has 3 N–H and O–H groups in total. The Hall–Kier alpha value is -1.08. The van der Waals surface area contributed by atoms with Crippen LogP contribution in [0.1, 0.15) is 13.3 Å². The Balaban J connectivity index is 2.42. The van der Waals surface area contributed by atoms with Crippen molar-refractivity contribution in [2.75, 3.05) is 0 Å². The number of rotatable bonds is 2. The Morgan fingerprint density at radius 3 is 3.21 bits per heavy atom. The Morgan fingerprint density at radius 2 is 2.64 bits per heavy atom. The topological polar surface area (TPSA) is 94.0 Å². The van der Waals surface area contributed by atoms with Gasteiger partial charge in [0.25, 0.3) is 0 Å². The minimum Gasteiger partial charge on any atom is -0.472 e. The molecule has 2 rings (SSSR count). The van der Waals surface area contributed by atoms with E-state index in [4.69, 9.17) is 14.7 Å². The molecule has 14 heavy (non-hydrogen) atoms. The maximum Gasteiger partial charge on any atom is 0.231 e. The Labute approximate surface area is 82.1 Å². The van der Waals surface area contributed by atoms with E-state index in [0.29, 0.717) is 12.4 Å². The second-order valence-electron chi connectivity index (χ2n) is 3.24. The fraction of sp³-hybridized carbons (Fsp3) is 0.571. The SMILES string of the molecule is CCC1Cn2ncc(S(=N)(N)=O)c2O1. The van der Waals surface area contributed by atoms with Crippen LogP contribution in [0, 0.1) is 4.78 Å². The summed E-state index contributed by atoms with van der Waals surface area (Å²) < 4.78 is 25.6. The Bertz CT molecular complexity index is 450. The molecule has 0 spiro atoms. The molecule has 1 aromatic heterocycles. The summed E-state index contributed by atoms with van der Waals surface area (Å²) in [7, 11) is -3.22. The summed E-state index contributed by atoms with van der Waals surface area (Å²) in [6, 6.07) is 0. The molecule has 1 aliphatic heterocycles. The molecular formula is C7H12N4O2S. The van der Waals surface area contributed by atoms with Gasteiger partial charge in [-0.15, -0.1) is 0 Å². The monoisotopic (exact) mass is 216 g/mol. The first-order chi connectivity index (χ1) is 6.52. The fourth-order valence-electron chi connectivity index (χ4n) is 1.41. The van der Waals surface area contributed by atoms with Crippen molar-refractivity contribution in [1.29, 1.82) is 4.78 Å². The van der Waals surface area contributed by atoms with E-state index in [0.717, 1.165) is 6.42 Å². The van der Waals surface area contributed by atoms with Gasteiger partial charge in [0.2, 0.25) is 5.88 Å². The van der Waals surface area contributed by atoms with Gasteiger partial charge in [-0.3, -0.25) is 0 Å². The minimum absolute atomic E-state index is 0.0548. The largest absolute Gasteiger partial charge is 0.472 e. The molecule has 1 aliphatic rings. The normalized spacial score (nSPS) is 24.0. The number of nitrogens with one attached hydrogen (secondary N) is 1. The van der Waals surface area contributed by atoms with Crippen LogP contribution in [0.5, 0.6) is 5.88 Å². The highest BCUT2D eigenvalue weighted by atomic mass is 32.2. The first-order valence-corrected chi connectivity index (χ1v) is 5.93. The first kappa shape index (κ1) is 9.47. The van der Waals surface area contributed by atoms with Crippen molar-refractivity contribution >= 4 is 9.92 Å². The minimum atomic E-state index is -3.22. The average Bonchev–Trinajstić information content (AvgIpc) is 2.57. The van der Waals surface area contributed by atoms with Gasteiger partial charge in [0, 0.05) is 0 Å². The van der Waals surface area contributed by atoms with E-state index in [9.17, 15) is 4.21 Å². The first-order valence-electron chi connectivity index (χ1n) is 4.31. The van der Waals surface area contributed by atoms with Crippen molar-refractivity contribution in [2.24, 2.45) is 5.14 Å². The summed E-state index contributed by atoms with van der Waals surface area (Å²) >= 11 is 0. The molecule has 0 radical (unpaired) electrons. The predicted molar refractivity (Wildman–Crippen MR) is 50.2 cm³/mol. The van der Waals surface area contributed by atoms with Gasteiger partial charge in [-0.25, -0.2) is 18.8 Å². The number of nitrogens with zero attached hydrogens (tertiary/aromatic N) is 2. The van der Waals surface area contributed by atoms with Crippen LogP contribution in [0.15, 0.2) is 11.1 Å². The van der Waals surface area contributed by atoms with Crippen LogP contribution >= 0.6 is 0 Å². The van der Waals surface area contributed by atoms with Crippen LogP contribution in [0.25, 0.3) is 0 Å². The number of fused-ring (bicyclic) bond motifs is 1. The number of hydrogen-bond donors (Lipinski definition) is 2. The lowest BCUT2D eigenvalue weighted by atomic mass is 10.3. The van der Waals surface area contributed by atoms with Crippen molar-refractivity contribution < 1.29 is 8.95 Å². The van der Waals surface area contributed by atoms with Crippen LogP contribution in [-0.2, 0) is 16.5 Å². The molecule has 0 fully saturated rings. The average molecular weight is 216 g/mol. The summed E-state index contributed by atoms with van der Waals surface area (Å²) in [4.78, 5) is 0.188.